The van der Waals surface area contributed by atoms with E-state index in [-0.39, 0.29) is 29.1 Å². The van der Waals surface area contributed by atoms with Crippen molar-refractivity contribution in [1.82, 2.24) is 5.32 Å². The van der Waals surface area contributed by atoms with Gasteiger partial charge in [0, 0.05) is 22.4 Å². The quantitative estimate of drug-likeness (QED) is 0.454. The summed E-state index contributed by atoms with van der Waals surface area (Å²) in [7, 11) is 0. The van der Waals surface area contributed by atoms with E-state index in [1.807, 2.05) is 37.3 Å². The Labute approximate surface area is 156 Å². The van der Waals surface area contributed by atoms with E-state index in [2.05, 4.69) is 12.2 Å². The zero-order chi connectivity index (χ0) is 17.1. The predicted molar refractivity (Wildman–Crippen MR) is 102 cm³/mol. The highest BCUT2D eigenvalue weighted by atomic mass is 35.5. The number of furan rings is 1. The molecule has 1 aromatic carbocycles. The van der Waals surface area contributed by atoms with E-state index in [0.717, 1.165) is 21.3 Å². The Morgan fingerprint density at radius 2 is 1.96 bits per heavy atom. The van der Waals surface area contributed by atoms with E-state index >= 15 is 0 Å². The van der Waals surface area contributed by atoms with Crippen LogP contribution in [-0.4, -0.2) is 4.92 Å². The van der Waals surface area contributed by atoms with Gasteiger partial charge in [-0.25, -0.2) is 0 Å². The van der Waals surface area contributed by atoms with Gasteiger partial charge in [0.2, 0.25) is 0 Å². The molecule has 0 radical (unpaired) electrons. The van der Waals surface area contributed by atoms with Gasteiger partial charge in [-0.1, -0.05) is 12.1 Å². The minimum absolute atomic E-state index is 0. The van der Waals surface area contributed by atoms with E-state index < -0.39 is 0 Å². The Hall–Kier alpha value is -2.15. The lowest BCUT2D eigenvalue weighted by molar-refractivity contribution is -0.384. The molecule has 0 spiro atoms. The SMILES string of the molecule is Cc1ccc(C(C)NCc2ccc(-c3ccccc3[N+](=O)[O-])s2)o1.Cl. The maximum absolute atomic E-state index is 11.2. The van der Waals surface area contributed by atoms with E-state index in [4.69, 9.17) is 4.42 Å². The first kappa shape index (κ1) is 19.2. The number of benzene rings is 1. The van der Waals surface area contributed by atoms with Crippen LogP contribution in [0.25, 0.3) is 10.4 Å². The maximum Gasteiger partial charge on any atom is 0.278 e. The Balaban J connectivity index is 0.00000225. The predicted octanol–water partition coefficient (Wildman–Crippen LogP) is 5.50. The number of thiophene rings is 1. The van der Waals surface area contributed by atoms with Crippen molar-refractivity contribution in [3.8, 4) is 10.4 Å². The van der Waals surface area contributed by atoms with Gasteiger partial charge in [0.05, 0.1) is 16.5 Å². The highest BCUT2D eigenvalue weighted by Gasteiger charge is 2.16. The third-order valence-corrected chi connectivity index (χ3v) is 4.92. The summed E-state index contributed by atoms with van der Waals surface area (Å²) in [6.07, 6.45) is 0. The van der Waals surface area contributed by atoms with Crippen molar-refractivity contribution < 1.29 is 9.34 Å². The summed E-state index contributed by atoms with van der Waals surface area (Å²) in [4.78, 5) is 12.9. The van der Waals surface area contributed by atoms with Crippen molar-refractivity contribution in [3.05, 3.63) is 75.0 Å². The normalized spacial score (nSPS) is 11.8. The molecule has 0 fully saturated rings. The smallest absolute Gasteiger partial charge is 0.278 e. The largest absolute Gasteiger partial charge is 0.465 e. The lowest BCUT2D eigenvalue weighted by atomic mass is 10.1. The van der Waals surface area contributed by atoms with E-state index in [9.17, 15) is 10.1 Å². The van der Waals surface area contributed by atoms with Crippen LogP contribution in [0.3, 0.4) is 0 Å². The van der Waals surface area contributed by atoms with Crippen LogP contribution in [0.5, 0.6) is 0 Å². The number of aryl methyl sites for hydroxylation is 1. The van der Waals surface area contributed by atoms with Crippen molar-refractivity contribution in [3.63, 3.8) is 0 Å². The summed E-state index contributed by atoms with van der Waals surface area (Å²) >= 11 is 1.56. The number of para-hydroxylation sites is 1. The molecule has 132 valence electrons. The van der Waals surface area contributed by atoms with Gasteiger partial charge >= 0.3 is 0 Å². The first-order valence-electron chi connectivity index (χ1n) is 7.67. The molecular weight excluding hydrogens is 360 g/mol. The molecule has 0 aliphatic carbocycles. The average Bonchev–Trinajstić information content (AvgIpc) is 3.21. The van der Waals surface area contributed by atoms with Crippen LogP contribution in [0.15, 0.2) is 52.9 Å². The van der Waals surface area contributed by atoms with Gasteiger partial charge in [-0.3, -0.25) is 10.1 Å². The van der Waals surface area contributed by atoms with Crippen molar-refractivity contribution in [2.75, 3.05) is 0 Å². The van der Waals surface area contributed by atoms with Crippen LogP contribution in [-0.2, 0) is 6.54 Å². The van der Waals surface area contributed by atoms with Crippen LogP contribution in [0.2, 0.25) is 0 Å². The molecule has 0 saturated heterocycles. The Bertz CT molecular complexity index is 859. The fourth-order valence-corrected chi connectivity index (χ4v) is 3.49. The molecule has 1 unspecified atom stereocenters. The molecule has 7 heteroatoms. The minimum atomic E-state index is -0.339. The number of rotatable bonds is 6. The number of hydrogen-bond acceptors (Lipinski definition) is 5. The highest BCUT2D eigenvalue weighted by Crippen LogP contribution is 2.34. The molecule has 5 nitrogen and oxygen atoms in total. The summed E-state index contributed by atoms with van der Waals surface area (Å²) in [6.45, 7) is 4.66. The van der Waals surface area contributed by atoms with Gasteiger partial charge < -0.3 is 9.73 Å². The van der Waals surface area contributed by atoms with Gasteiger partial charge in [0.25, 0.3) is 5.69 Å². The van der Waals surface area contributed by atoms with Gasteiger partial charge in [0.15, 0.2) is 0 Å². The Morgan fingerprint density at radius 1 is 1.20 bits per heavy atom. The molecule has 0 bridgehead atoms. The zero-order valence-corrected chi connectivity index (χ0v) is 15.5. The van der Waals surface area contributed by atoms with Crippen molar-refractivity contribution in [2.45, 2.75) is 26.4 Å². The first-order valence-corrected chi connectivity index (χ1v) is 8.48. The average molecular weight is 379 g/mol. The summed E-state index contributed by atoms with van der Waals surface area (Å²) in [5, 5.41) is 14.6. The van der Waals surface area contributed by atoms with Crippen LogP contribution in [0, 0.1) is 17.0 Å². The van der Waals surface area contributed by atoms with Crippen LogP contribution in [0.1, 0.15) is 29.4 Å². The highest BCUT2D eigenvalue weighted by molar-refractivity contribution is 7.15. The number of nitro benzene ring substituents is 1. The lowest BCUT2D eigenvalue weighted by Crippen LogP contribution is -2.16. The molecule has 0 saturated carbocycles. The summed E-state index contributed by atoms with van der Waals surface area (Å²) < 4.78 is 5.62. The summed E-state index contributed by atoms with van der Waals surface area (Å²) in [5.74, 6) is 1.80. The van der Waals surface area contributed by atoms with Crippen LogP contribution >= 0.6 is 23.7 Å². The fourth-order valence-electron chi connectivity index (χ4n) is 2.50. The van der Waals surface area contributed by atoms with Gasteiger partial charge in [0.1, 0.15) is 11.5 Å². The second-order valence-electron chi connectivity index (χ2n) is 5.59. The third kappa shape index (κ3) is 4.48. The maximum atomic E-state index is 11.2. The molecule has 1 N–H and O–H groups in total. The molecule has 0 aliphatic rings. The Kier molecular flexibility index (Phi) is 6.36. The number of hydrogen-bond donors (Lipinski definition) is 1. The molecule has 3 aromatic rings. The van der Waals surface area contributed by atoms with Gasteiger partial charge in [-0.05, 0) is 44.2 Å². The van der Waals surface area contributed by atoms with Crippen molar-refractivity contribution in [2.24, 2.45) is 0 Å². The molecule has 0 amide bonds. The summed E-state index contributed by atoms with van der Waals surface area (Å²) in [5.41, 5.74) is 0.798. The standard InChI is InChI=1S/C18H18N2O3S.ClH/c1-12-7-9-17(23-12)13(2)19-11-14-8-10-18(24-14)15-5-3-4-6-16(15)20(21)22;/h3-10,13,19H,11H2,1-2H3;1H. The first-order chi connectivity index (χ1) is 11.5. The second kappa shape index (κ2) is 8.29. The zero-order valence-electron chi connectivity index (χ0n) is 13.9. The van der Waals surface area contributed by atoms with Gasteiger partial charge in [-0.2, -0.15) is 0 Å². The topological polar surface area (TPSA) is 68.3 Å². The van der Waals surface area contributed by atoms with E-state index in [1.165, 1.54) is 6.07 Å². The molecule has 2 aromatic heterocycles. The van der Waals surface area contributed by atoms with Gasteiger partial charge in [-0.15, -0.1) is 23.7 Å². The molecule has 3 rings (SSSR count). The molecule has 2 heterocycles. The van der Waals surface area contributed by atoms with Crippen LogP contribution in [0.4, 0.5) is 5.69 Å². The third-order valence-electron chi connectivity index (χ3n) is 3.80. The van der Waals surface area contributed by atoms with Crippen molar-refractivity contribution in [1.29, 1.82) is 0 Å². The monoisotopic (exact) mass is 378 g/mol. The van der Waals surface area contributed by atoms with E-state index in [1.54, 1.807) is 23.5 Å². The number of nitrogens with zero attached hydrogens (tertiary/aromatic N) is 1. The minimum Gasteiger partial charge on any atom is -0.465 e. The molecule has 1 atom stereocenters. The van der Waals surface area contributed by atoms with Crippen molar-refractivity contribution >= 4 is 29.4 Å². The second-order valence-corrected chi connectivity index (χ2v) is 6.76. The number of nitrogens with one attached hydrogen (secondary N) is 1. The molecular formula is C18H19ClN2O3S. The fraction of sp³-hybridized carbons (Fsp3) is 0.222. The Morgan fingerprint density at radius 3 is 2.64 bits per heavy atom. The summed E-state index contributed by atoms with van der Waals surface area (Å²) in [6, 6.07) is 14.8. The van der Waals surface area contributed by atoms with E-state index in [0.29, 0.717) is 12.1 Å². The van der Waals surface area contributed by atoms with Crippen LogP contribution < -0.4 is 5.32 Å². The number of nitro groups is 1. The number of halogens is 1. The molecule has 25 heavy (non-hydrogen) atoms. The molecule has 0 aliphatic heterocycles. The lowest BCUT2D eigenvalue weighted by Gasteiger charge is -2.10.